The van der Waals surface area contributed by atoms with Gasteiger partial charge in [-0.05, 0) is 123 Å². The fourth-order valence-corrected chi connectivity index (χ4v) is 10.3. The standard InChI is InChI=1S/C58H69N2O8P/c1-42(2)60(43(3)4)69(67-38-37-59-8)68-41-56(7,39-65-57(46-17-13-44(5)14-18-46,48-21-29-52(61-9)30-22-48)49-23-31-53(62-10)32-24-49)40-66-58(47-19-15-45(6)16-20-47,50-25-33-54(63-11)34-26-50)51-27-35-55(64-12)36-28-51/h13-36,42-43H,37-41H2,1-7,9-12H3. The Balaban J connectivity index is 1.57. The number of nitrogens with zero attached hydrogens (tertiary/aromatic N) is 2. The Kier molecular flexibility index (Phi) is 18.4. The van der Waals surface area contributed by atoms with Gasteiger partial charge in [0, 0.05) is 17.5 Å². The van der Waals surface area contributed by atoms with E-state index in [-0.39, 0.29) is 45.1 Å². The summed E-state index contributed by atoms with van der Waals surface area (Å²) in [6.45, 7) is 23.4. The van der Waals surface area contributed by atoms with Gasteiger partial charge in [-0.25, -0.2) is 11.2 Å². The molecule has 0 aromatic heterocycles. The monoisotopic (exact) mass is 952 g/mol. The Hall–Kier alpha value is -5.76. The zero-order valence-corrected chi connectivity index (χ0v) is 43.0. The maximum absolute atomic E-state index is 7.72. The van der Waals surface area contributed by atoms with E-state index in [1.54, 1.807) is 28.4 Å². The van der Waals surface area contributed by atoms with Gasteiger partial charge in [0.05, 0.1) is 48.3 Å². The van der Waals surface area contributed by atoms with Crippen LogP contribution in [0.2, 0.25) is 0 Å². The molecule has 6 aromatic rings. The van der Waals surface area contributed by atoms with Gasteiger partial charge in [-0.2, -0.15) is 0 Å². The van der Waals surface area contributed by atoms with E-state index in [0.717, 1.165) is 67.5 Å². The van der Waals surface area contributed by atoms with Gasteiger partial charge in [0.25, 0.3) is 8.53 Å². The van der Waals surface area contributed by atoms with Crippen molar-refractivity contribution in [1.82, 2.24) is 4.67 Å². The van der Waals surface area contributed by atoms with Crippen molar-refractivity contribution in [3.8, 4) is 23.0 Å². The van der Waals surface area contributed by atoms with E-state index < -0.39 is 25.1 Å². The molecule has 0 fully saturated rings. The highest BCUT2D eigenvalue weighted by Gasteiger charge is 2.45. The molecule has 0 spiro atoms. The third-order valence-corrected chi connectivity index (χ3v) is 14.4. The quantitative estimate of drug-likeness (QED) is 0.0241. The fraction of sp³-hybridized carbons (Fsp3) is 0.362. The maximum Gasteiger partial charge on any atom is 0.259 e. The molecule has 364 valence electrons. The second-order valence-corrected chi connectivity index (χ2v) is 19.6. The van der Waals surface area contributed by atoms with E-state index in [9.17, 15) is 0 Å². The van der Waals surface area contributed by atoms with E-state index in [1.165, 1.54) is 0 Å². The SMILES string of the molecule is [C-]#[N+]CCOP(OCC(C)(COC(c1ccc(C)cc1)(c1ccc(OC)cc1)c1ccc(OC)cc1)COC(c1ccc(C)cc1)(c1ccc(OC)cc1)c1ccc(OC)cc1)N(C(C)C)C(C)C. The van der Waals surface area contributed by atoms with Gasteiger partial charge < -0.3 is 42.3 Å². The Morgan fingerprint density at radius 3 is 1.01 bits per heavy atom. The zero-order chi connectivity index (χ0) is 49.6. The van der Waals surface area contributed by atoms with Crippen LogP contribution in [0.15, 0.2) is 146 Å². The molecule has 1 atom stereocenters. The zero-order valence-electron chi connectivity index (χ0n) is 42.2. The van der Waals surface area contributed by atoms with E-state index in [4.69, 9.17) is 44.0 Å². The van der Waals surface area contributed by atoms with Crippen molar-refractivity contribution in [3.05, 3.63) is 202 Å². The van der Waals surface area contributed by atoms with Gasteiger partial charge in [0.15, 0.2) is 0 Å². The van der Waals surface area contributed by atoms with E-state index in [2.05, 4.69) is 155 Å². The average molecular weight is 953 g/mol. The van der Waals surface area contributed by atoms with Crippen molar-refractivity contribution in [3.63, 3.8) is 0 Å². The smallest absolute Gasteiger partial charge is 0.259 e. The van der Waals surface area contributed by atoms with Gasteiger partial charge in [-0.3, -0.25) is 0 Å². The number of methoxy groups -OCH3 is 4. The summed E-state index contributed by atoms with van der Waals surface area (Å²) in [5.74, 6) is 2.92. The van der Waals surface area contributed by atoms with Crippen molar-refractivity contribution in [2.75, 3.05) is 61.4 Å². The minimum Gasteiger partial charge on any atom is -0.497 e. The number of ether oxygens (including phenoxy) is 6. The minimum absolute atomic E-state index is 0.0986. The first-order valence-electron chi connectivity index (χ1n) is 23.4. The largest absolute Gasteiger partial charge is 0.497 e. The van der Waals surface area contributed by atoms with Gasteiger partial charge >= 0.3 is 0 Å². The predicted molar refractivity (Wildman–Crippen MR) is 277 cm³/mol. The molecule has 69 heavy (non-hydrogen) atoms. The first kappa shape index (κ1) is 52.6. The van der Waals surface area contributed by atoms with E-state index >= 15 is 0 Å². The molecule has 0 saturated carbocycles. The highest BCUT2D eigenvalue weighted by molar-refractivity contribution is 7.44. The topological polar surface area (TPSA) is 81.4 Å². The van der Waals surface area contributed by atoms with Crippen LogP contribution in [0.25, 0.3) is 4.85 Å². The summed E-state index contributed by atoms with van der Waals surface area (Å²) in [6, 6.07) is 49.5. The second-order valence-electron chi connectivity index (χ2n) is 18.2. The van der Waals surface area contributed by atoms with Crippen LogP contribution >= 0.6 is 8.53 Å². The lowest BCUT2D eigenvalue weighted by Gasteiger charge is -2.43. The molecule has 6 aromatic carbocycles. The van der Waals surface area contributed by atoms with Crippen LogP contribution < -0.4 is 18.9 Å². The number of rotatable bonds is 25. The highest BCUT2D eigenvalue weighted by atomic mass is 31.2. The molecule has 0 aliphatic carbocycles. The molecule has 0 saturated heterocycles. The van der Waals surface area contributed by atoms with Crippen molar-refractivity contribution in [2.45, 2.75) is 71.8 Å². The molecule has 0 bridgehead atoms. The van der Waals surface area contributed by atoms with Crippen LogP contribution in [0.4, 0.5) is 0 Å². The molecule has 0 aliphatic heterocycles. The summed E-state index contributed by atoms with van der Waals surface area (Å²) in [5, 5.41) is 0. The van der Waals surface area contributed by atoms with E-state index in [1.807, 2.05) is 48.5 Å². The van der Waals surface area contributed by atoms with Crippen LogP contribution in [0.1, 0.15) is 79.1 Å². The van der Waals surface area contributed by atoms with Crippen molar-refractivity contribution < 1.29 is 37.5 Å². The Morgan fingerprint density at radius 2 is 0.754 bits per heavy atom. The normalized spacial score (nSPS) is 12.5. The summed E-state index contributed by atoms with van der Waals surface area (Å²) < 4.78 is 54.0. The van der Waals surface area contributed by atoms with Crippen molar-refractivity contribution in [2.24, 2.45) is 5.41 Å². The first-order chi connectivity index (χ1) is 33.2. The maximum atomic E-state index is 7.72. The molecule has 1 unspecified atom stereocenters. The fourth-order valence-electron chi connectivity index (χ4n) is 8.59. The number of aryl methyl sites for hydroxylation is 2. The van der Waals surface area contributed by atoms with Crippen LogP contribution in [0.3, 0.4) is 0 Å². The number of hydrogen-bond acceptors (Lipinski definition) is 9. The van der Waals surface area contributed by atoms with Crippen LogP contribution in [-0.4, -0.2) is 78.2 Å². The molecule has 10 nitrogen and oxygen atoms in total. The lowest BCUT2D eigenvalue weighted by Crippen LogP contribution is -2.44. The summed E-state index contributed by atoms with van der Waals surface area (Å²) >= 11 is 0. The average Bonchev–Trinajstić information content (AvgIpc) is 3.37. The Bertz CT molecular complexity index is 2270. The molecular formula is C58H69N2O8P. The third kappa shape index (κ3) is 12.3. The van der Waals surface area contributed by atoms with Crippen molar-refractivity contribution >= 4 is 8.53 Å². The minimum atomic E-state index is -1.63. The van der Waals surface area contributed by atoms with Gasteiger partial charge in [-0.15, -0.1) is 0 Å². The summed E-state index contributed by atoms with van der Waals surface area (Å²) in [6.07, 6.45) is 0. The van der Waals surface area contributed by atoms with Gasteiger partial charge in [0.1, 0.15) is 40.8 Å². The first-order valence-corrected chi connectivity index (χ1v) is 24.6. The summed E-state index contributed by atoms with van der Waals surface area (Å²) in [7, 11) is 5.05. The predicted octanol–water partition coefficient (Wildman–Crippen LogP) is 13.0. The molecule has 6 rings (SSSR count). The van der Waals surface area contributed by atoms with Gasteiger partial charge in [-0.1, -0.05) is 115 Å². The van der Waals surface area contributed by atoms with Crippen LogP contribution in [0.5, 0.6) is 23.0 Å². The van der Waals surface area contributed by atoms with Crippen molar-refractivity contribution in [1.29, 1.82) is 0 Å². The lowest BCUT2D eigenvalue weighted by molar-refractivity contribution is -0.105. The van der Waals surface area contributed by atoms with Crippen LogP contribution in [0, 0.1) is 25.8 Å². The number of hydrogen-bond donors (Lipinski definition) is 0. The molecule has 0 radical (unpaired) electrons. The molecule has 11 heteroatoms. The third-order valence-electron chi connectivity index (χ3n) is 12.4. The molecular weight excluding hydrogens is 884 g/mol. The molecule has 0 heterocycles. The Morgan fingerprint density at radius 1 is 0.464 bits per heavy atom. The van der Waals surface area contributed by atoms with Gasteiger partial charge in [0.2, 0.25) is 6.54 Å². The number of benzene rings is 6. The molecule has 0 N–H and O–H groups in total. The van der Waals surface area contributed by atoms with Crippen LogP contribution in [-0.2, 0) is 29.7 Å². The highest BCUT2D eigenvalue weighted by Crippen LogP contribution is 2.50. The summed E-state index contributed by atoms with van der Waals surface area (Å²) in [5.41, 5.74) is 4.61. The Labute approximate surface area is 412 Å². The second kappa shape index (κ2) is 24.2. The molecule has 0 amide bonds. The lowest BCUT2D eigenvalue weighted by atomic mass is 9.78. The molecule has 0 aliphatic rings. The summed E-state index contributed by atoms with van der Waals surface area (Å²) in [4.78, 5) is 3.60. The van der Waals surface area contributed by atoms with E-state index in [0.29, 0.717) is 0 Å².